The van der Waals surface area contributed by atoms with E-state index in [1.54, 1.807) is 0 Å². The van der Waals surface area contributed by atoms with E-state index >= 15 is 0 Å². The van der Waals surface area contributed by atoms with Crippen LogP contribution in [0.2, 0.25) is 0 Å². The third-order valence-corrected chi connectivity index (χ3v) is 6.06. The molecule has 2 nitrogen and oxygen atoms in total. The van der Waals surface area contributed by atoms with Crippen molar-refractivity contribution in [3.63, 3.8) is 0 Å². The van der Waals surface area contributed by atoms with Crippen LogP contribution < -0.4 is 0 Å². The lowest BCUT2D eigenvalue weighted by Crippen LogP contribution is -2.49. The number of rotatable bonds is 2. The van der Waals surface area contributed by atoms with E-state index in [2.05, 4.69) is 44.7 Å². The van der Waals surface area contributed by atoms with Crippen molar-refractivity contribution in [1.29, 1.82) is 0 Å². The van der Waals surface area contributed by atoms with E-state index < -0.39 is 0 Å². The molecule has 3 rings (SSSR count). The molecule has 1 aromatic rings. The maximum atomic E-state index is 9.94. The number of fused-ring (bicyclic) bond motifs is 4. The van der Waals surface area contributed by atoms with E-state index in [0.29, 0.717) is 17.7 Å². The molecule has 1 fully saturated rings. The van der Waals surface area contributed by atoms with Crippen molar-refractivity contribution in [1.82, 2.24) is 4.90 Å². The fourth-order valence-corrected chi connectivity index (χ4v) is 4.50. The summed E-state index contributed by atoms with van der Waals surface area (Å²) in [5.74, 6) is 1.03. The number of phenolic OH excluding ortho intramolecular Hbond substituents is 1. The molecular weight excluding hydrogens is 270 g/mol. The maximum Gasteiger partial charge on any atom is 0.115 e. The van der Waals surface area contributed by atoms with E-state index in [-0.39, 0.29) is 5.41 Å². The van der Waals surface area contributed by atoms with E-state index in [9.17, 15) is 5.11 Å². The zero-order valence-electron chi connectivity index (χ0n) is 14.4. The number of benzene rings is 1. The second-order valence-corrected chi connectivity index (χ2v) is 7.70. The van der Waals surface area contributed by atoms with Crippen molar-refractivity contribution in [3.05, 3.63) is 41.0 Å². The van der Waals surface area contributed by atoms with Crippen molar-refractivity contribution >= 4 is 0 Å². The molecule has 120 valence electrons. The van der Waals surface area contributed by atoms with Crippen LogP contribution in [-0.4, -0.2) is 29.1 Å². The van der Waals surface area contributed by atoms with Gasteiger partial charge in [0.25, 0.3) is 0 Å². The molecule has 1 heterocycles. The molecule has 0 amide bonds. The predicted molar refractivity (Wildman–Crippen MR) is 92.4 cm³/mol. The summed E-state index contributed by atoms with van der Waals surface area (Å²) in [6.45, 7) is 11.5. The first kappa shape index (κ1) is 15.6. The van der Waals surface area contributed by atoms with Crippen molar-refractivity contribution in [2.24, 2.45) is 5.92 Å². The highest BCUT2D eigenvalue weighted by Gasteiger charge is 2.46. The van der Waals surface area contributed by atoms with Gasteiger partial charge in [0.05, 0.1) is 0 Å². The standard InChI is InChI=1S/C20H29NO/c1-14(2)8-11-21-10-5-9-20(4)15(3)19(21)12-16-6-7-17(22)13-18(16)20/h6-8,13,15,19,22H,5,9-12H2,1-4H3/t15-,19+,20+/m0/s1. The lowest BCUT2D eigenvalue weighted by molar-refractivity contribution is 0.130. The summed E-state index contributed by atoms with van der Waals surface area (Å²) in [5, 5.41) is 9.94. The molecule has 1 N–H and O–H groups in total. The van der Waals surface area contributed by atoms with E-state index in [1.165, 1.54) is 36.1 Å². The van der Waals surface area contributed by atoms with Gasteiger partial charge < -0.3 is 5.11 Å². The fourth-order valence-electron chi connectivity index (χ4n) is 4.50. The number of allylic oxidation sites excluding steroid dienone is 1. The zero-order valence-corrected chi connectivity index (χ0v) is 14.4. The number of nitrogens with zero attached hydrogens (tertiary/aromatic N) is 1. The SMILES string of the molecule is CC(C)=CCN1CCC[C@@]2(C)c3cc(O)ccc3C[C@@H]1[C@@H]2C. The van der Waals surface area contributed by atoms with Crippen LogP contribution in [0.15, 0.2) is 29.8 Å². The first-order chi connectivity index (χ1) is 10.4. The third-order valence-electron chi connectivity index (χ3n) is 6.06. The number of phenols is 1. The first-order valence-electron chi connectivity index (χ1n) is 8.61. The molecule has 22 heavy (non-hydrogen) atoms. The Labute approximate surface area is 134 Å². The Balaban J connectivity index is 2.00. The summed E-state index contributed by atoms with van der Waals surface area (Å²) in [6, 6.07) is 6.63. The number of likely N-dealkylation sites (tertiary alicyclic amines) is 1. The van der Waals surface area contributed by atoms with E-state index in [1.807, 2.05) is 12.1 Å². The molecule has 2 aliphatic rings. The lowest BCUT2D eigenvalue weighted by atomic mass is 9.61. The Hall–Kier alpha value is -1.28. The van der Waals surface area contributed by atoms with Gasteiger partial charge in [0.15, 0.2) is 0 Å². The van der Waals surface area contributed by atoms with Gasteiger partial charge in [-0.25, -0.2) is 0 Å². The third kappa shape index (κ3) is 2.58. The highest BCUT2D eigenvalue weighted by atomic mass is 16.3. The Morgan fingerprint density at radius 1 is 1.41 bits per heavy atom. The van der Waals surface area contributed by atoms with Gasteiger partial charge >= 0.3 is 0 Å². The highest BCUT2D eigenvalue weighted by molar-refractivity contribution is 5.43. The maximum absolute atomic E-state index is 9.94. The summed E-state index contributed by atoms with van der Waals surface area (Å²) >= 11 is 0. The van der Waals surface area contributed by atoms with E-state index in [0.717, 1.165) is 13.0 Å². The zero-order chi connectivity index (χ0) is 15.9. The van der Waals surface area contributed by atoms with Gasteiger partial charge in [-0.05, 0) is 74.2 Å². The molecule has 0 unspecified atom stereocenters. The Morgan fingerprint density at radius 3 is 2.91 bits per heavy atom. The smallest absolute Gasteiger partial charge is 0.115 e. The van der Waals surface area contributed by atoms with Crippen LogP contribution in [0, 0.1) is 5.92 Å². The molecule has 3 atom stereocenters. The van der Waals surface area contributed by atoms with Crippen LogP contribution in [0.4, 0.5) is 0 Å². The van der Waals surface area contributed by atoms with Crippen molar-refractivity contribution in [2.75, 3.05) is 13.1 Å². The summed E-state index contributed by atoms with van der Waals surface area (Å²) in [7, 11) is 0. The fraction of sp³-hybridized carbons (Fsp3) is 0.600. The number of aromatic hydroxyl groups is 1. The summed E-state index contributed by atoms with van der Waals surface area (Å²) in [6.07, 6.45) is 5.93. The average Bonchev–Trinajstić information content (AvgIpc) is 2.54. The second kappa shape index (κ2) is 5.73. The second-order valence-electron chi connectivity index (χ2n) is 7.70. The van der Waals surface area contributed by atoms with Gasteiger partial charge in [-0.3, -0.25) is 4.90 Å². The van der Waals surface area contributed by atoms with Gasteiger partial charge in [0.2, 0.25) is 0 Å². The molecule has 0 spiro atoms. The molecule has 1 aromatic carbocycles. The highest BCUT2D eigenvalue weighted by Crippen LogP contribution is 2.48. The summed E-state index contributed by atoms with van der Waals surface area (Å²) in [4.78, 5) is 2.68. The topological polar surface area (TPSA) is 23.5 Å². The molecule has 0 saturated carbocycles. The minimum Gasteiger partial charge on any atom is -0.508 e. The van der Waals surface area contributed by atoms with Crippen molar-refractivity contribution in [3.8, 4) is 5.75 Å². The van der Waals surface area contributed by atoms with Crippen LogP contribution in [0.1, 0.15) is 51.7 Å². The molecule has 0 radical (unpaired) electrons. The Morgan fingerprint density at radius 2 is 2.18 bits per heavy atom. The average molecular weight is 299 g/mol. The van der Waals surface area contributed by atoms with Gasteiger partial charge in [0, 0.05) is 12.6 Å². The largest absolute Gasteiger partial charge is 0.508 e. The molecule has 1 aliphatic carbocycles. The summed E-state index contributed by atoms with van der Waals surface area (Å²) in [5.41, 5.74) is 4.42. The molecule has 2 bridgehead atoms. The van der Waals surface area contributed by atoms with Gasteiger partial charge in [-0.15, -0.1) is 0 Å². The van der Waals surface area contributed by atoms with Crippen molar-refractivity contribution in [2.45, 2.75) is 58.4 Å². The first-order valence-corrected chi connectivity index (χ1v) is 8.61. The number of hydrogen-bond donors (Lipinski definition) is 1. The molecule has 0 aromatic heterocycles. The van der Waals surface area contributed by atoms with Crippen LogP contribution in [0.5, 0.6) is 5.75 Å². The molecule has 2 heteroatoms. The van der Waals surface area contributed by atoms with Gasteiger partial charge in [-0.1, -0.05) is 31.6 Å². The predicted octanol–water partition coefficient (Wildman–Crippen LogP) is 4.27. The van der Waals surface area contributed by atoms with Crippen LogP contribution in [0.25, 0.3) is 0 Å². The van der Waals surface area contributed by atoms with Crippen LogP contribution in [0.3, 0.4) is 0 Å². The van der Waals surface area contributed by atoms with Gasteiger partial charge in [0.1, 0.15) is 5.75 Å². The van der Waals surface area contributed by atoms with Crippen molar-refractivity contribution < 1.29 is 5.11 Å². The molecular formula is C20H29NO. The Bertz CT molecular complexity index is 587. The minimum absolute atomic E-state index is 0.191. The normalized spacial score (nSPS) is 31.3. The van der Waals surface area contributed by atoms with E-state index in [4.69, 9.17) is 0 Å². The number of hydrogen-bond acceptors (Lipinski definition) is 2. The molecule has 1 saturated heterocycles. The monoisotopic (exact) mass is 299 g/mol. The Kier molecular flexibility index (Phi) is 4.07. The van der Waals surface area contributed by atoms with Crippen LogP contribution in [-0.2, 0) is 11.8 Å². The quantitative estimate of drug-likeness (QED) is 0.824. The lowest BCUT2D eigenvalue weighted by Gasteiger charge is -2.47. The minimum atomic E-state index is 0.191. The molecule has 1 aliphatic heterocycles. The van der Waals surface area contributed by atoms with Crippen LogP contribution >= 0.6 is 0 Å². The van der Waals surface area contributed by atoms with Gasteiger partial charge in [-0.2, -0.15) is 0 Å². The summed E-state index contributed by atoms with van der Waals surface area (Å²) < 4.78 is 0.